The fraction of sp³-hybridized carbons (Fsp3) is 0.600. The molecule has 0 bridgehead atoms. The van der Waals surface area contributed by atoms with Crippen molar-refractivity contribution < 1.29 is 9.66 Å². The minimum Gasteiger partial charge on any atom is -0.496 e. The molecule has 1 heterocycles. The first-order chi connectivity index (χ1) is 10.1. The Morgan fingerprint density at radius 1 is 1.48 bits per heavy atom. The second kappa shape index (κ2) is 7.38. The second-order valence-electron chi connectivity index (χ2n) is 5.42. The normalized spacial score (nSPS) is 18.1. The van der Waals surface area contributed by atoms with Gasteiger partial charge >= 0.3 is 0 Å². The SMILES string of the molecule is CCN(Cc1cc(OC)cc([N+](=O)[O-])c1)CC1CCCN1. The summed E-state index contributed by atoms with van der Waals surface area (Å²) >= 11 is 0. The molecule has 0 amide bonds. The van der Waals surface area contributed by atoms with Gasteiger partial charge in [-0.25, -0.2) is 0 Å². The van der Waals surface area contributed by atoms with Crippen LogP contribution in [-0.4, -0.2) is 42.6 Å². The van der Waals surface area contributed by atoms with Crippen LogP contribution in [0.1, 0.15) is 25.3 Å². The van der Waals surface area contributed by atoms with Gasteiger partial charge in [0.15, 0.2) is 0 Å². The average Bonchev–Trinajstić information content (AvgIpc) is 2.99. The van der Waals surface area contributed by atoms with E-state index >= 15 is 0 Å². The minimum absolute atomic E-state index is 0.0828. The molecule has 0 aromatic heterocycles. The van der Waals surface area contributed by atoms with E-state index in [9.17, 15) is 10.1 Å². The molecular formula is C15H23N3O3. The number of nitro benzene ring substituents is 1. The van der Waals surface area contributed by atoms with Gasteiger partial charge in [-0.3, -0.25) is 15.0 Å². The predicted octanol–water partition coefficient (Wildman–Crippen LogP) is 2.18. The van der Waals surface area contributed by atoms with Gasteiger partial charge in [0.2, 0.25) is 0 Å². The number of hydrogen-bond donors (Lipinski definition) is 1. The summed E-state index contributed by atoms with van der Waals surface area (Å²) in [7, 11) is 1.53. The van der Waals surface area contributed by atoms with Crippen LogP contribution in [0.15, 0.2) is 18.2 Å². The smallest absolute Gasteiger partial charge is 0.273 e. The van der Waals surface area contributed by atoms with Crippen molar-refractivity contribution in [2.24, 2.45) is 0 Å². The van der Waals surface area contributed by atoms with E-state index < -0.39 is 0 Å². The summed E-state index contributed by atoms with van der Waals surface area (Å²) in [4.78, 5) is 12.9. The third-order valence-electron chi connectivity index (χ3n) is 3.89. The van der Waals surface area contributed by atoms with Crippen LogP contribution in [0.25, 0.3) is 0 Å². The van der Waals surface area contributed by atoms with Crippen LogP contribution in [0, 0.1) is 10.1 Å². The third kappa shape index (κ3) is 4.41. The van der Waals surface area contributed by atoms with E-state index in [0.29, 0.717) is 18.3 Å². The summed E-state index contributed by atoms with van der Waals surface area (Å²) in [5, 5.41) is 14.5. The molecule has 1 aliphatic heterocycles. The van der Waals surface area contributed by atoms with Crippen LogP contribution in [-0.2, 0) is 6.54 Å². The van der Waals surface area contributed by atoms with Crippen molar-refractivity contribution in [1.82, 2.24) is 10.2 Å². The molecule has 1 unspecified atom stereocenters. The van der Waals surface area contributed by atoms with E-state index in [-0.39, 0.29) is 10.6 Å². The Morgan fingerprint density at radius 2 is 2.29 bits per heavy atom. The van der Waals surface area contributed by atoms with Gasteiger partial charge in [-0.2, -0.15) is 0 Å². The number of nitrogens with zero attached hydrogens (tertiary/aromatic N) is 2. The zero-order valence-electron chi connectivity index (χ0n) is 12.7. The summed E-state index contributed by atoms with van der Waals surface area (Å²) < 4.78 is 5.16. The van der Waals surface area contributed by atoms with E-state index in [4.69, 9.17) is 4.74 Å². The van der Waals surface area contributed by atoms with Crippen LogP contribution in [0.3, 0.4) is 0 Å². The summed E-state index contributed by atoms with van der Waals surface area (Å²) in [6, 6.07) is 5.49. The lowest BCUT2D eigenvalue weighted by Gasteiger charge is -2.24. The molecule has 1 saturated heterocycles. The number of non-ortho nitro benzene ring substituents is 1. The summed E-state index contributed by atoms with van der Waals surface area (Å²) in [5.74, 6) is 0.536. The molecule has 0 saturated carbocycles. The minimum atomic E-state index is -0.374. The standard InChI is InChI=1S/C15H23N3O3/c1-3-17(11-13-5-4-6-16-13)10-12-7-14(18(19)20)9-15(8-12)21-2/h7-9,13,16H,3-6,10-11H2,1-2H3. The lowest BCUT2D eigenvalue weighted by molar-refractivity contribution is -0.385. The zero-order valence-corrected chi connectivity index (χ0v) is 12.7. The van der Waals surface area contributed by atoms with Gasteiger partial charge in [0.25, 0.3) is 5.69 Å². The molecule has 0 spiro atoms. The molecule has 1 aliphatic rings. The lowest BCUT2D eigenvalue weighted by Crippen LogP contribution is -2.37. The fourth-order valence-corrected chi connectivity index (χ4v) is 2.75. The van der Waals surface area contributed by atoms with Crippen LogP contribution < -0.4 is 10.1 Å². The highest BCUT2D eigenvalue weighted by Gasteiger charge is 2.18. The van der Waals surface area contributed by atoms with Gasteiger partial charge in [0.1, 0.15) is 5.75 Å². The van der Waals surface area contributed by atoms with Crippen LogP contribution in [0.4, 0.5) is 5.69 Å². The number of benzene rings is 1. The second-order valence-corrected chi connectivity index (χ2v) is 5.42. The van der Waals surface area contributed by atoms with Crippen molar-refractivity contribution in [3.8, 4) is 5.75 Å². The molecule has 21 heavy (non-hydrogen) atoms. The molecule has 2 rings (SSSR count). The number of nitro groups is 1. The van der Waals surface area contributed by atoms with Crippen molar-refractivity contribution in [3.63, 3.8) is 0 Å². The van der Waals surface area contributed by atoms with Crippen molar-refractivity contribution in [2.75, 3.05) is 26.7 Å². The van der Waals surface area contributed by atoms with Gasteiger partial charge in [-0.1, -0.05) is 6.92 Å². The molecule has 1 fully saturated rings. The number of ether oxygens (including phenoxy) is 1. The number of methoxy groups -OCH3 is 1. The topological polar surface area (TPSA) is 67.6 Å². The number of hydrogen-bond acceptors (Lipinski definition) is 5. The Kier molecular flexibility index (Phi) is 5.52. The molecule has 0 radical (unpaired) electrons. The van der Waals surface area contributed by atoms with E-state index in [1.165, 1.54) is 26.0 Å². The molecule has 0 aliphatic carbocycles. The van der Waals surface area contributed by atoms with Crippen LogP contribution in [0.5, 0.6) is 5.75 Å². The Balaban J connectivity index is 2.08. The van der Waals surface area contributed by atoms with E-state index in [0.717, 1.165) is 25.2 Å². The first-order valence-corrected chi connectivity index (χ1v) is 7.40. The largest absolute Gasteiger partial charge is 0.496 e. The number of likely N-dealkylation sites (N-methyl/N-ethyl adjacent to an activating group) is 1. The summed E-state index contributed by atoms with van der Waals surface area (Å²) in [6.07, 6.45) is 2.43. The Labute approximate surface area is 125 Å². The third-order valence-corrected chi connectivity index (χ3v) is 3.89. The predicted molar refractivity (Wildman–Crippen MR) is 81.6 cm³/mol. The molecule has 1 aromatic rings. The van der Waals surface area contributed by atoms with Crippen molar-refractivity contribution in [1.29, 1.82) is 0 Å². The summed E-state index contributed by atoms with van der Waals surface area (Å²) in [5.41, 5.74) is 1.00. The fourth-order valence-electron chi connectivity index (χ4n) is 2.75. The average molecular weight is 293 g/mol. The highest BCUT2D eigenvalue weighted by Crippen LogP contribution is 2.23. The first-order valence-electron chi connectivity index (χ1n) is 7.40. The van der Waals surface area contributed by atoms with E-state index in [1.54, 1.807) is 6.07 Å². The number of nitrogens with one attached hydrogen (secondary N) is 1. The maximum atomic E-state index is 11.0. The molecule has 1 N–H and O–H groups in total. The van der Waals surface area contributed by atoms with E-state index in [2.05, 4.69) is 17.1 Å². The molecule has 116 valence electrons. The first kappa shape index (κ1) is 15.7. The maximum Gasteiger partial charge on any atom is 0.273 e. The number of rotatable bonds is 7. The van der Waals surface area contributed by atoms with Gasteiger partial charge in [0, 0.05) is 25.2 Å². The Bertz CT molecular complexity index is 487. The molecule has 6 heteroatoms. The van der Waals surface area contributed by atoms with Gasteiger partial charge in [0.05, 0.1) is 18.1 Å². The van der Waals surface area contributed by atoms with Gasteiger partial charge in [-0.05, 0) is 37.6 Å². The highest BCUT2D eigenvalue weighted by atomic mass is 16.6. The maximum absolute atomic E-state index is 11.0. The van der Waals surface area contributed by atoms with Crippen molar-refractivity contribution in [2.45, 2.75) is 32.4 Å². The van der Waals surface area contributed by atoms with Crippen LogP contribution >= 0.6 is 0 Å². The summed E-state index contributed by atoms with van der Waals surface area (Å²) in [6.45, 7) is 5.80. The lowest BCUT2D eigenvalue weighted by atomic mass is 10.1. The quantitative estimate of drug-likeness (QED) is 0.616. The van der Waals surface area contributed by atoms with Crippen molar-refractivity contribution >= 4 is 5.69 Å². The molecule has 1 aromatic carbocycles. The van der Waals surface area contributed by atoms with Gasteiger partial charge < -0.3 is 10.1 Å². The Morgan fingerprint density at radius 3 is 2.86 bits per heavy atom. The molecular weight excluding hydrogens is 270 g/mol. The Hall–Kier alpha value is -1.66. The monoisotopic (exact) mass is 293 g/mol. The van der Waals surface area contributed by atoms with Crippen molar-refractivity contribution in [3.05, 3.63) is 33.9 Å². The van der Waals surface area contributed by atoms with Gasteiger partial charge in [-0.15, -0.1) is 0 Å². The zero-order chi connectivity index (χ0) is 15.2. The molecule has 6 nitrogen and oxygen atoms in total. The van der Waals surface area contributed by atoms with Crippen LogP contribution in [0.2, 0.25) is 0 Å². The molecule has 1 atom stereocenters. The highest BCUT2D eigenvalue weighted by molar-refractivity contribution is 5.42. The van der Waals surface area contributed by atoms with E-state index in [1.807, 2.05) is 6.07 Å².